The molecular formula is C15H18FNO2S. The van der Waals surface area contributed by atoms with Crippen LogP contribution in [0.3, 0.4) is 0 Å². The topological polar surface area (TPSA) is 40.5 Å². The number of aliphatic hydroxyl groups excluding tert-OH is 1. The van der Waals surface area contributed by atoms with Gasteiger partial charge < -0.3 is 10.0 Å². The molecule has 2 atom stereocenters. The van der Waals surface area contributed by atoms with Crippen molar-refractivity contribution in [2.24, 2.45) is 0 Å². The van der Waals surface area contributed by atoms with Crippen LogP contribution in [0.25, 0.3) is 0 Å². The number of benzene rings is 1. The molecule has 3 rings (SSSR count). The number of nitrogens with zero attached hydrogens (tertiary/aromatic N) is 1. The molecular weight excluding hydrogens is 277 g/mol. The van der Waals surface area contributed by atoms with Gasteiger partial charge in [0.1, 0.15) is 5.82 Å². The molecule has 0 aliphatic carbocycles. The summed E-state index contributed by atoms with van der Waals surface area (Å²) in [6, 6.07) is 6.64. The van der Waals surface area contributed by atoms with Gasteiger partial charge in [0.2, 0.25) is 5.91 Å². The van der Waals surface area contributed by atoms with E-state index in [1.54, 1.807) is 12.1 Å². The largest absolute Gasteiger partial charge is 0.393 e. The van der Waals surface area contributed by atoms with Crippen molar-refractivity contribution in [3.8, 4) is 0 Å². The summed E-state index contributed by atoms with van der Waals surface area (Å²) in [6.45, 7) is 0. The van der Waals surface area contributed by atoms with Crippen LogP contribution in [0.1, 0.15) is 25.7 Å². The summed E-state index contributed by atoms with van der Waals surface area (Å²) in [5.41, 5.74) is 0. The molecule has 2 aliphatic heterocycles. The Kier molecular flexibility index (Phi) is 3.98. The van der Waals surface area contributed by atoms with Crippen molar-refractivity contribution in [2.45, 2.75) is 48.8 Å². The number of fused-ring (bicyclic) bond motifs is 2. The lowest BCUT2D eigenvalue weighted by molar-refractivity contribution is -0.134. The Morgan fingerprint density at radius 2 is 1.85 bits per heavy atom. The van der Waals surface area contributed by atoms with E-state index >= 15 is 0 Å². The number of piperidine rings is 1. The first kappa shape index (κ1) is 13.9. The van der Waals surface area contributed by atoms with E-state index in [0.29, 0.717) is 18.6 Å². The van der Waals surface area contributed by atoms with Gasteiger partial charge in [-0.3, -0.25) is 4.79 Å². The molecule has 0 radical (unpaired) electrons. The molecule has 20 heavy (non-hydrogen) atoms. The smallest absolute Gasteiger partial charge is 0.233 e. The summed E-state index contributed by atoms with van der Waals surface area (Å²) in [5.74, 6) is 0.261. The number of hydrogen-bond acceptors (Lipinski definition) is 3. The Balaban J connectivity index is 1.58. The van der Waals surface area contributed by atoms with Gasteiger partial charge in [0, 0.05) is 17.0 Å². The third kappa shape index (κ3) is 2.83. The summed E-state index contributed by atoms with van der Waals surface area (Å²) >= 11 is 1.44. The van der Waals surface area contributed by atoms with Gasteiger partial charge in [0.15, 0.2) is 0 Å². The minimum Gasteiger partial charge on any atom is -0.393 e. The molecule has 2 heterocycles. The summed E-state index contributed by atoms with van der Waals surface area (Å²) in [6.07, 6.45) is 3.19. The van der Waals surface area contributed by atoms with E-state index < -0.39 is 0 Å². The molecule has 108 valence electrons. The minimum absolute atomic E-state index is 0.138. The lowest BCUT2D eigenvalue weighted by Crippen LogP contribution is -2.48. The van der Waals surface area contributed by atoms with Crippen molar-refractivity contribution in [3.63, 3.8) is 0 Å². The number of aliphatic hydroxyl groups is 1. The minimum atomic E-state index is -0.260. The zero-order chi connectivity index (χ0) is 14.1. The van der Waals surface area contributed by atoms with Crippen LogP contribution in [0.2, 0.25) is 0 Å². The second-order valence-corrected chi connectivity index (χ2v) is 6.60. The van der Waals surface area contributed by atoms with Gasteiger partial charge in [-0.15, -0.1) is 11.8 Å². The molecule has 1 N–H and O–H groups in total. The van der Waals surface area contributed by atoms with Crippen molar-refractivity contribution in [2.75, 3.05) is 5.75 Å². The molecule has 2 bridgehead atoms. The molecule has 1 amide bonds. The fourth-order valence-electron chi connectivity index (χ4n) is 3.31. The van der Waals surface area contributed by atoms with Gasteiger partial charge >= 0.3 is 0 Å². The van der Waals surface area contributed by atoms with Crippen LogP contribution in [0.15, 0.2) is 29.2 Å². The molecule has 1 aromatic carbocycles. The Labute approximate surface area is 122 Å². The van der Waals surface area contributed by atoms with Crippen LogP contribution in [0.4, 0.5) is 4.39 Å². The highest BCUT2D eigenvalue weighted by Gasteiger charge is 2.42. The number of thioether (sulfide) groups is 1. The lowest BCUT2D eigenvalue weighted by Gasteiger charge is -2.37. The number of hydrogen-bond donors (Lipinski definition) is 1. The van der Waals surface area contributed by atoms with Crippen LogP contribution in [0.5, 0.6) is 0 Å². The molecule has 0 spiro atoms. The van der Waals surface area contributed by atoms with E-state index in [1.807, 2.05) is 4.90 Å². The van der Waals surface area contributed by atoms with E-state index in [9.17, 15) is 14.3 Å². The number of carbonyl (C=O) groups excluding carboxylic acids is 1. The van der Waals surface area contributed by atoms with Crippen LogP contribution < -0.4 is 0 Å². The molecule has 3 nitrogen and oxygen atoms in total. The van der Waals surface area contributed by atoms with Crippen LogP contribution in [0, 0.1) is 5.82 Å². The van der Waals surface area contributed by atoms with Crippen molar-refractivity contribution in [1.29, 1.82) is 0 Å². The van der Waals surface area contributed by atoms with E-state index in [-0.39, 0.29) is 29.9 Å². The standard InChI is InChI=1S/C15H18FNO2S/c16-10-1-5-14(6-2-10)20-9-15(19)17-11-3-4-12(17)8-13(18)7-11/h1-2,5-6,11-13,18H,3-4,7-9H2. The van der Waals surface area contributed by atoms with Crippen molar-refractivity contribution in [1.82, 2.24) is 4.90 Å². The second-order valence-electron chi connectivity index (χ2n) is 5.55. The number of amides is 1. The van der Waals surface area contributed by atoms with Crippen LogP contribution in [-0.2, 0) is 4.79 Å². The predicted octanol–water partition coefficient (Wildman–Crippen LogP) is 2.43. The first-order valence-corrected chi connectivity index (χ1v) is 7.99. The van der Waals surface area contributed by atoms with Gasteiger partial charge in [-0.2, -0.15) is 0 Å². The second kappa shape index (κ2) is 5.74. The van der Waals surface area contributed by atoms with Crippen molar-refractivity contribution in [3.05, 3.63) is 30.1 Å². The SMILES string of the molecule is O=C(CSc1ccc(F)cc1)N1C2CCC1CC(O)C2. The fourth-order valence-corrected chi connectivity index (χ4v) is 4.07. The Morgan fingerprint density at radius 3 is 2.45 bits per heavy atom. The number of carbonyl (C=O) groups is 1. The van der Waals surface area contributed by atoms with Crippen LogP contribution in [-0.4, -0.2) is 39.9 Å². The molecule has 1 aromatic rings. The summed E-state index contributed by atoms with van der Waals surface area (Å²) < 4.78 is 12.8. The molecule has 2 unspecified atom stereocenters. The monoisotopic (exact) mass is 295 g/mol. The van der Waals surface area contributed by atoms with Gasteiger partial charge in [0.25, 0.3) is 0 Å². The molecule has 2 aliphatic rings. The normalized spacial score (nSPS) is 28.7. The summed E-state index contributed by atoms with van der Waals surface area (Å²) in [7, 11) is 0. The van der Waals surface area contributed by atoms with Gasteiger partial charge in [-0.05, 0) is 49.9 Å². The maximum absolute atomic E-state index is 12.8. The van der Waals surface area contributed by atoms with Crippen LogP contribution >= 0.6 is 11.8 Å². The summed E-state index contributed by atoms with van der Waals surface area (Å²) in [5, 5.41) is 9.74. The zero-order valence-electron chi connectivity index (χ0n) is 11.2. The number of halogens is 1. The van der Waals surface area contributed by atoms with E-state index in [1.165, 1.54) is 23.9 Å². The zero-order valence-corrected chi connectivity index (χ0v) is 12.0. The maximum atomic E-state index is 12.8. The highest BCUT2D eigenvalue weighted by atomic mass is 32.2. The fraction of sp³-hybridized carbons (Fsp3) is 0.533. The maximum Gasteiger partial charge on any atom is 0.233 e. The molecule has 2 fully saturated rings. The van der Waals surface area contributed by atoms with Gasteiger partial charge in [-0.25, -0.2) is 4.39 Å². The third-order valence-electron chi connectivity index (χ3n) is 4.17. The molecule has 5 heteroatoms. The first-order valence-electron chi connectivity index (χ1n) is 7.01. The highest BCUT2D eigenvalue weighted by molar-refractivity contribution is 8.00. The third-order valence-corrected chi connectivity index (χ3v) is 5.17. The molecule has 0 aromatic heterocycles. The molecule has 2 saturated heterocycles. The van der Waals surface area contributed by atoms with Crippen molar-refractivity contribution < 1.29 is 14.3 Å². The van der Waals surface area contributed by atoms with Gasteiger partial charge in [0.05, 0.1) is 11.9 Å². The number of rotatable bonds is 3. The highest BCUT2D eigenvalue weighted by Crippen LogP contribution is 2.36. The van der Waals surface area contributed by atoms with E-state index in [0.717, 1.165) is 17.7 Å². The summed E-state index contributed by atoms with van der Waals surface area (Å²) in [4.78, 5) is 15.2. The first-order chi connectivity index (χ1) is 9.63. The van der Waals surface area contributed by atoms with E-state index in [2.05, 4.69) is 0 Å². The molecule has 0 saturated carbocycles. The average molecular weight is 295 g/mol. The van der Waals surface area contributed by atoms with E-state index in [4.69, 9.17) is 0 Å². The van der Waals surface area contributed by atoms with Gasteiger partial charge in [-0.1, -0.05) is 0 Å². The Bertz CT molecular complexity index is 479. The lowest BCUT2D eigenvalue weighted by atomic mass is 10.00. The average Bonchev–Trinajstić information content (AvgIpc) is 2.70. The predicted molar refractivity (Wildman–Crippen MR) is 76.0 cm³/mol. The quantitative estimate of drug-likeness (QED) is 0.871. The Hall–Kier alpha value is -1.07. The Morgan fingerprint density at radius 1 is 1.25 bits per heavy atom. The van der Waals surface area contributed by atoms with Crippen molar-refractivity contribution >= 4 is 17.7 Å².